The number of hydrogen-bond acceptors (Lipinski definition) is 3. The molecular weight excluding hydrogens is 369 g/mol. The van der Waals surface area contributed by atoms with Crippen LogP contribution in [0, 0.1) is 12.7 Å². The molecule has 0 aliphatic carbocycles. The minimum atomic E-state index is -0.403. The highest BCUT2D eigenvalue weighted by Crippen LogP contribution is 2.24. The second kappa shape index (κ2) is 8.17. The molecule has 3 aromatic rings. The average Bonchev–Trinajstić information content (AvgIpc) is 3.04. The Morgan fingerprint density at radius 2 is 1.97 bits per heavy atom. The van der Waals surface area contributed by atoms with Crippen LogP contribution in [0.4, 0.5) is 4.39 Å². The third-order valence-corrected chi connectivity index (χ3v) is 5.31. The number of fused-ring (bicyclic) bond motifs is 1. The Hall–Kier alpha value is -2.99. The number of hydrogen-bond donors (Lipinski definition) is 0. The minimum Gasteiger partial charge on any atom is -0.370 e. The predicted molar refractivity (Wildman–Crippen MR) is 108 cm³/mol. The van der Waals surface area contributed by atoms with Gasteiger partial charge in [-0.05, 0) is 30.7 Å². The standard InChI is InChI=1S/C23H24FN3O2/c1-16-6-8-17(9-7-16)14-29-15-21-20-13-27(11-10-22(20)26(2)25-21)23(28)18-4-3-5-19(24)12-18/h3-9,12H,10-11,13-15H2,1-2H3. The molecule has 0 saturated carbocycles. The predicted octanol–water partition coefficient (Wildman–Crippen LogP) is 3.78. The summed E-state index contributed by atoms with van der Waals surface area (Å²) in [6.45, 7) is 4.01. The van der Waals surface area contributed by atoms with Gasteiger partial charge in [-0.2, -0.15) is 5.10 Å². The van der Waals surface area contributed by atoms with Crippen molar-refractivity contribution in [1.29, 1.82) is 0 Å². The molecule has 0 spiro atoms. The average molecular weight is 393 g/mol. The smallest absolute Gasteiger partial charge is 0.254 e. The Bertz CT molecular complexity index is 1030. The zero-order valence-electron chi connectivity index (χ0n) is 16.7. The molecule has 1 aromatic heterocycles. The first-order chi connectivity index (χ1) is 14.0. The van der Waals surface area contributed by atoms with E-state index in [1.54, 1.807) is 17.0 Å². The van der Waals surface area contributed by atoms with Crippen LogP contribution in [0.15, 0.2) is 48.5 Å². The molecule has 4 rings (SSSR count). The van der Waals surface area contributed by atoms with Gasteiger partial charge in [-0.1, -0.05) is 35.9 Å². The Morgan fingerprint density at radius 1 is 1.17 bits per heavy atom. The molecule has 150 valence electrons. The summed E-state index contributed by atoms with van der Waals surface area (Å²) < 4.78 is 21.3. The first kappa shape index (κ1) is 19.3. The fraction of sp³-hybridized carbons (Fsp3) is 0.304. The summed E-state index contributed by atoms with van der Waals surface area (Å²) in [7, 11) is 1.92. The fourth-order valence-corrected chi connectivity index (χ4v) is 3.71. The van der Waals surface area contributed by atoms with Gasteiger partial charge in [0, 0.05) is 43.4 Å². The number of aryl methyl sites for hydroxylation is 2. The lowest BCUT2D eigenvalue weighted by Gasteiger charge is -2.28. The van der Waals surface area contributed by atoms with Crippen molar-refractivity contribution >= 4 is 5.91 Å². The van der Waals surface area contributed by atoms with Crippen LogP contribution in [-0.4, -0.2) is 27.1 Å². The maximum absolute atomic E-state index is 13.5. The van der Waals surface area contributed by atoms with Crippen LogP contribution >= 0.6 is 0 Å². The SMILES string of the molecule is Cc1ccc(COCc2nn(C)c3c2CN(C(=O)c2cccc(F)c2)CC3)cc1. The van der Waals surface area contributed by atoms with E-state index < -0.39 is 5.82 Å². The first-order valence-corrected chi connectivity index (χ1v) is 9.73. The maximum Gasteiger partial charge on any atom is 0.254 e. The van der Waals surface area contributed by atoms with E-state index in [1.807, 2.05) is 11.7 Å². The lowest BCUT2D eigenvalue weighted by Crippen LogP contribution is -2.36. The molecule has 0 N–H and O–H groups in total. The number of ether oxygens (including phenoxy) is 1. The van der Waals surface area contributed by atoms with Crippen molar-refractivity contribution in [3.05, 3.63) is 88.0 Å². The second-order valence-corrected chi connectivity index (χ2v) is 7.46. The van der Waals surface area contributed by atoms with E-state index in [4.69, 9.17) is 4.74 Å². The molecule has 0 radical (unpaired) electrons. The van der Waals surface area contributed by atoms with E-state index in [0.29, 0.717) is 31.9 Å². The van der Waals surface area contributed by atoms with E-state index in [0.717, 1.165) is 28.9 Å². The van der Waals surface area contributed by atoms with Crippen LogP contribution in [0.5, 0.6) is 0 Å². The molecule has 0 unspecified atom stereocenters. The summed E-state index contributed by atoms with van der Waals surface area (Å²) in [6.07, 6.45) is 0.720. The third kappa shape index (κ3) is 4.22. The van der Waals surface area contributed by atoms with E-state index in [2.05, 4.69) is 36.3 Å². The highest BCUT2D eigenvalue weighted by Gasteiger charge is 2.27. The molecule has 0 bridgehead atoms. The van der Waals surface area contributed by atoms with Gasteiger partial charge < -0.3 is 9.64 Å². The van der Waals surface area contributed by atoms with Gasteiger partial charge >= 0.3 is 0 Å². The number of carbonyl (C=O) groups is 1. The summed E-state index contributed by atoms with van der Waals surface area (Å²) in [5, 5.41) is 4.61. The Labute approximate surface area is 169 Å². The molecule has 6 heteroatoms. The van der Waals surface area contributed by atoms with Gasteiger partial charge in [0.05, 0.1) is 18.9 Å². The lowest BCUT2D eigenvalue weighted by atomic mass is 10.0. The number of amides is 1. The van der Waals surface area contributed by atoms with Crippen molar-refractivity contribution in [2.24, 2.45) is 7.05 Å². The summed E-state index contributed by atoms with van der Waals surface area (Å²) in [4.78, 5) is 14.6. The molecular formula is C23H24FN3O2. The van der Waals surface area contributed by atoms with E-state index in [9.17, 15) is 9.18 Å². The highest BCUT2D eigenvalue weighted by atomic mass is 19.1. The van der Waals surface area contributed by atoms with E-state index in [-0.39, 0.29) is 5.91 Å². The number of benzene rings is 2. The summed E-state index contributed by atoms with van der Waals surface area (Å²) in [6, 6.07) is 14.1. The molecule has 1 aliphatic heterocycles. The van der Waals surface area contributed by atoms with Crippen LogP contribution < -0.4 is 0 Å². The topological polar surface area (TPSA) is 47.4 Å². The molecule has 0 atom stereocenters. The molecule has 0 fully saturated rings. The van der Waals surface area contributed by atoms with Gasteiger partial charge in [-0.15, -0.1) is 0 Å². The monoisotopic (exact) mass is 393 g/mol. The van der Waals surface area contributed by atoms with E-state index in [1.165, 1.54) is 17.7 Å². The largest absolute Gasteiger partial charge is 0.370 e. The van der Waals surface area contributed by atoms with Gasteiger partial charge in [-0.3, -0.25) is 9.48 Å². The van der Waals surface area contributed by atoms with Crippen molar-refractivity contribution < 1.29 is 13.9 Å². The number of aromatic nitrogens is 2. The Balaban J connectivity index is 1.46. The van der Waals surface area contributed by atoms with Crippen LogP contribution in [-0.2, 0) is 38.0 Å². The Kier molecular flexibility index (Phi) is 5.45. The van der Waals surface area contributed by atoms with Crippen LogP contribution in [0.1, 0.15) is 38.4 Å². The molecule has 1 amide bonds. The zero-order valence-corrected chi connectivity index (χ0v) is 16.7. The fourth-order valence-electron chi connectivity index (χ4n) is 3.71. The molecule has 0 saturated heterocycles. The molecule has 2 heterocycles. The van der Waals surface area contributed by atoms with Crippen molar-refractivity contribution in [1.82, 2.24) is 14.7 Å². The van der Waals surface area contributed by atoms with Crippen molar-refractivity contribution in [2.45, 2.75) is 33.1 Å². The molecule has 1 aliphatic rings. The summed E-state index contributed by atoms with van der Waals surface area (Å²) in [5.74, 6) is -0.564. The zero-order chi connectivity index (χ0) is 20.4. The maximum atomic E-state index is 13.5. The number of rotatable bonds is 5. The molecule has 5 nitrogen and oxygen atoms in total. The quantitative estimate of drug-likeness (QED) is 0.663. The van der Waals surface area contributed by atoms with Gasteiger partial charge in [0.1, 0.15) is 5.82 Å². The first-order valence-electron chi connectivity index (χ1n) is 9.73. The lowest BCUT2D eigenvalue weighted by molar-refractivity contribution is 0.0727. The van der Waals surface area contributed by atoms with Crippen molar-refractivity contribution in [3.8, 4) is 0 Å². The normalized spacial score (nSPS) is 13.4. The van der Waals surface area contributed by atoms with Crippen molar-refractivity contribution in [2.75, 3.05) is 6.54 Å². The molecule has 29 heavy (non-hydrogen) atoms. The van der Waals surface area contributed by atoms with Gasteiger partial charge in [0.15, 0.2) is 0 Å². The summed E-state index contributed by atoms with van der Waals surface area (Å²) >= 11 is 0. The summed E-state index contributed by atoms with van der Waals surface area (Å²) in [5.41, 5.74) is 5.72. The number of carbonyl (C=O) groups excluding carboxylic acids is 1. The van der Waals surface area contributed by atoms with Gasteiger partial charge in [0.2, 0.25) is 0 Å². The second-order valence-electron chi connectivity index (χ2n) is 7.46. The van der Waals surface area contributed by atoms with Gasteiger partial charge in [-0.25, -0.2) is 4.39 Å². The molecule has 2 aromatic carbocycles. The van der Waals surface area contributed by atoms with Crippen molar-refractivity contribution in [3.63, 3.8) is 0 Å². The van der Waals surface area contributed by atoms with Gasteiger partial charge in [0.25, 0.3) is 5.91 Å². The minimum absolute atomic E-state index is 0.162. The Morgan fingerprint density at radius 3 is 2.72 bits per heavy atom. The third-order valence-electron chi connectivity index (χ3n) is 5.31. The highest BCUT2D eigenvalue weighted by molar-refractivity contribution is 5.94. The van der Waals surface area contributed by atoms with Crippen LogP contribution in [0.2, 0.25) is 0 Å². The van der Waals surface area contributed by atoms with Crippen LogP contribution in [0.3, 0.4) is 0 Å². The van der Waals surface area contributed by atoms with Crippen LogP contribution in [0.25, 0.3) is 0 Å². The van der Waals surface area contributed by atoms with E-state index >= 15 is 0 Å². The number of nitrogens with zero attached hydrogens (tertiary/aromatic N) is 3. The number of halogens is 1.